The summed E-state index contributed by atoms with van der Waals surface area (Å²) in [6.45, 7) is 0. The van der Waals surface area contributed by atoms with Crippen LogP contribution in [0.25, 0.3) is 0 Å². The molecule has 92 valence electrons. The van der Waals surface area contributed by atoms with Crippen LogP contribution in [-0.4, -0.2) is 5.78 Å². The third kappa shape index (κ3) is 2.19. The van der Waals surface area contributed by atoms with Crippen molar-refractivity contribution in [2.75, 3.05) is 5.73 Å². The summed E-state index contributed by atoms with van der Waals surface area (Å²) in [6, 6.07) is 7.23. The minimum atomic E-state index is -0.932. The Kier molecular flexibility index (Phi) is 3.30. The van der Waals surface area contributed by atoms with Gasteiger partial charge in [-0.15, -0.1) is 0 Å². The van der Waals surface area contributed by atoms with Crippen LogP contribution in [0.5, 0.6) is 0 Å². The lowest BCUT2D eigenvalue weighted by Crippen LogP contribution is -2.06. The fourth-order valence-corrected chi connectivity index (χ4v) is 1.76. The van der Waals surface area contributed by atoms with E-state index in [0.29, 0.717) is 6.07 Å². The van der Waals surface area contributed by atoms with Gasteiger partial charge in [0.1, 0.15) is 11.6 Å². The predicted molar refractivity (Wildman–Crippen MR) is 65.7 cm³/mol. The maximum Gasteiger partial charge on any atom is 0.197 e. The molecule has 2 N–H and O–H groups in total. The van der Waals surface area contributed by atoms with E-state index in [1.807, 2.05) is 0 Å². The number of halogens is 3. The zero-order chi connectivity index (χ0) is 13.3. The number of carbonyl (C=O) groups is 1. The van der Waals surface area contributed by atoms with Crippen molar-refractivity contribution in [3.63, 3.8) is 0 Å². The van der Waals surface area contributed by atoms with Crippen LogP contribution in [0, 0.1) is 11.6 Å². The van der Waals surface area contributed by atoms with Crippen molar-refractivity contribution in [1.82, 2.24) is 0 Å². The highest BCUT2D eigenvalue weighted by molar-refractivity contribution is 6.37. The Labute approximate surface area is 107 Å². The molecule has 0 saturated heterocycles. The van der Waals surface area contributed by atoms with Gasteiger partial charge >= 0.3 is 0 Å². The molecule has 5 heteroatoms. The van der Waals surface area contributed by atoms with Crippen LogP contribution in [0.2, 0.25) is 5.02 Å². The molecule has 0 unspecified atom stereocenters. The Morgan fingerprint density at radius 2 is 1.83 bits per heavy atom. The van der Waals surface area contributed by atoms with Gasteiger partial charge in [-0.25, -0.2) is 8.78 Å². The van der Waals surface area contributed by atoms with Crippen LogP contribution in [0.3, 0.4) is 0 Å². The van der Waals surface area contributed by atoms with Gasteiger partial charge in [-0.05, 0) is 24.3 Å². The highest BCUT2D eigenvalue weighted by Crippen LogP contribution is 2.26. The third-order valence-electron chi connectivity index (χ3n) is 2.45. The number of carbonyl (C=O) groups excluding carboxylic acids is 1. The summed E-state index contributed by atoms with van der Waals surface area (Å²) in [5, 5.41) is 0.0613. The minimum Gasteiger partial charge on any atom is -0.398 e. The molecule has 0 bridgehead atoms. The number of anilines is 1. The topological polar surface area (TPSA) is 43.1 Å². The van der Waals surface area contributed by atoms with Gasteiger partial charge in [-0.2, -0.15) is 0 Å². The first-order valence-corrected chi connectivity index (χ1v) is 5.42. The van der Waals surface area contributed by atoms with E-state index in [0.717, 1.165) is 12.1 Å². The number of hydrogen-bond donors (Lipinski definition) is 1. The fraction of sp³-hybridized carbons (Fsp3) is 0. The van der Waals surface area contributed by atoms with Gasteiger partial charge in [-0.1, -0.05) is 17.7 Å². The molecule has 0 aromatic heterocycles. The molecule has 0 heterocycles. The van der Waals surface area contributed by atoms with Gasteiger partial charge < -0.3 is 5.73 Å². The van der Waals surface area contributed by atoms with Crippen molar-refractivity contribution >= 4 is 23.1 Å². The molecule has 0 amide bonds. The van der Waals surface area contributed by atoms with Gasteiger partial charge in [0.2, 0.25) is 0 Å². The standard InChI is InChI=1S/C13H8ClF2NO/c14-12-9(2-1-3-11(12)17)13(18)8-5-4-7(15)6-10(8)16/h1-6H,17H2. The van der Waals surface area contributed by atoms with Crippen LogP contribution < -0.4 is 5.73 Å². The Balaban J connectivity index is 2.51. The second-order valence-electron chi connectivity index (χ2n) is 3.66. The Bertz CT molecular complexity index is 628. The summed E-state index contributed by atoms with van der Waals surface area (Å²) in [5.74, 6) is -2.31. The summed E-state index contributed by atoms with van der Waals surface area (Å²) in [4.78, 5) is 12.0. The van der Waals surface area contributed by atoms with E-state index >= 15 is 0 Å². The van der Waals surface area contributed by atoms with Gasteiger partial charge in [0, 0.05) is 11.6 Å². The molecule has 2 aromatic rings. The molecule has 0 radical (unpaired) electrons. The van der Waals surface area contributed by atoms with Crippen LogP contribution in [0.1, 0.15) is 15.9 Å². The first-order chi connectivity index (χ1) is 8.50. The highest BCUT2D eigenvalue weighted by Gasteiger charge is 2.18. The molecule has 2 rings (SSSR count). The van der Waals surface area contributed by atoms with Crippen molar-refractivity contribution in [3.8, 4) is 0 Å². The van der Waals surface area contributed by atoms with E-state index < -0.39 is 17.4 Å². The van der Waals surface area contributed by atoms with Crippen LogP contribution in [0.15, 0.2) is 36.4 Å². The monoisotopic (exact) mass is 267 g/mol. The lowest BCUT2D eigenvalue weighted by molar-refractivity contribution is 0.103. The van der Waals surface area contributed by atoms with Crippen molar-refractivity contribution in [3.05, 3.63) is 64.2 Å². The number of nitrogen functional groups attached to an aromatic ring is 1. The molecule has 2 aromatic carbocycles. The number of benzene rings is 2. The average molecular weight is 268 g/mol. The Hall–Kier alpha value is -1.94. The molecule has 18 heavy (non-hydrogen) atoms. The molecule has 0 spiro atoms. The van der Waals surface area contributed by atoms with Crippen molar-refractivity contribution in [1.29, 1.82) is 0 Å². The largest absolute Gasteiger partial charge is 0.398 e. The second kappa shape index (κ2) is 4.74. The second-order valence-corrected chi connectivity index (χ2v) is 4.04. The van der Waals surface area contributed by atoms with Crippen LogP contribution in [-0.2, 0) is 0 Å². The quantitative estimate of drug-likeness (QED) is 0.669. The van der Waals surface area contributed by atoms with Gasteiger partial charge in [0.15, 0.2) is 5.78 Å². The van der Waals surface area contributed by atoms with E-state index in [4.69, 9.17) is 17.3 Å². The number of nitrogens with two attached hydrogens (primary N) is 1. The molecular formula is C13H8ClF2NO. The van der Waals surface area contributed by atoms with Crippen molar-refractivity contribution in [2.24, 2.45) is 0 Å². The molecule has 2 nitrogen and oxygen atoms in total. The lowest BCUT2D eigenvalue weighted by Gasteiger charge is -2.06. The van der Waals surface area contributed by atoms with Gasteiger partial charge in [0.25, 0.3) is 0 Å². The normalized spacial score (nSPS) is 10.4. The molecular weight excluding hydrogens is 260 g/mol. The number of rotatable bonds is 2. The summed E-state index contributed by atoms with van der Waals surface area (Å²) in [5.41, 5.74) is 5.63. The zero-order valence-corrected chi connectivity index (χ0v) is 9.84. The molecule has 0 atom stereocenters. The lowest BCUT2D eigenvalue weighted by atomic mass is 10.0. The SMILES string of the molecule is Nc1cccc(C(=O)c2ccc(F)cc2F)c1Cl. The molecule has 0 fully saturated rings. The van der Waals surface area contributed by atoms with Crippen molar-refractivity contribution in [2.45, 2.75) is 0 Å². The van der Waals surface area contributed by atoms with E-state index in [2.05, 4.69) is 0 Å². The van der Waals surface area contributed by atoms with Gasteiger partial charge in [-0.3, -0.25) is 4.79 Å². The van der Waals surface area contributed by atoms with E-state index in [1.165, 1.54) is 18.2 Å². The Morgan fingerprint density at radius 1 is 1.11 bits per heavy atom. The third-order valence-corrected chi connectivity index (χ3v) is 2.87. The number of hydrogen-bond acceptors (Lipinski definition) is 2. The molecule has 0 saturated carbocycles. The van der Waals surface area contributed by atoms with Crippen molar-refractivity contribution < 1.29 is 13.6 Å². The van der Waals surface area contributed by atoms with E-state index in [1.54, 1.807) is 0 Å². The maximum absolute atomic E-state index is 13.5. The van der Waals surface area contributed by atoms with E-state index in [-0.39, 0.29) is 21.8 Å². The van der Waals surface area contributed by atoms with Crippen LogP contribution >= 0.6 is 11.6 Å². The molecule has 0 aliphatic rings. The maximum atomic E-state index is 13.5. The summed E-state index contributed by atoms with van der Waals surface area (Å²) < 4.78 is 26.2. The molecule has 0 aliphatic carbocycles. The highest BCUT2D eigenvalue weighted by atomic mass is 35.5. The Morgan fingerprint density at radius 3 is 2.50 bits per heavy atom. The molecule has 0 aliphatic heterocycles. The summed E-state index contributed by atoms with van der Waals surface area (Å²) in [6.07, 6.45) is 0. The fourth-order valence-electron chi connectivity index (χ4n) is 1.54. The smallest absolute Gasteiger partial charge is 0.197 e. The summed E-state index contributed by atoms with van der Waals surface area (Å²) >= 11 is 5.88. The predicted octanol–water partition coefficient (Wildman–Crippen LogP) is 3.43. The average Bonchev–Trinajstić information content (AvgIpc) is 2.32. The zero-order valence-electron chi connectivity index (χ0n) is 9.08. The number of ketones is 1. The van der Waals surface area contributed by atoms with Gasteiger partial charge in [0.05, 0.1) is 16.3 Å². The first-order valence-electron chi connectivity index (χ1n) is 5.04. The van der Waals surface area contributed by atoms with E-state index in [9.17, 15) is 13.6 Å². The van der Waals surface area contributed by atoms with Crippen LogP contribution in [0.4, 0.5) is 14.5 Å². The first kappa shape index (κ1) is 12.5. The minimum absolute atomic E-state index is 0.0613. The summed E-state index contributed by atoms with van der Waals surface area (Å²) in [7, 11) is 0.